The van der Waals surface area contributed by atoms with E-state index >= 15 is 0 Å². The third kappa shape index (κ3) is 2.36. The number of nitriles is 1. The van der Waals surface area contributed by atoms with Crippen molar-refractivity contribution < 1.29 is 27.1 Å². The first-order valence-corrected chi connectivity index (χ1v) is 6.65. The predicted molar refractivity (Wildman–Crippen MR) is 65.6 cm³/mol. The highest BCUT2D eigenvalue weighted by atomic mass is 32.3. The molecule has 1 aliphatic rings. The van der Waals surface area contributed by atoms with Crippen LogP contribution in [-0.4, -0.2) is 15.0 Å². The lowest BCUT2D eigenvalue weighted by atomic mass is 10.1. The van der Waals surface area contributed by atoms with Gasteiger partial charge in [0.1, 0.15) is 0 Å². The standard InChI is InChI=1S/C11H7F3N2O3S/c12-11(13,14)9-5-8(2-1-7(9)6-15)16-10(17)3-4-20(16,18)19/h1-5,18-19H. The van der Waals surface area contributed by atoms with Gasteiger partial charge in [0.25, 0.3) is 5.91 Å². The Bertz CT molecular complexity index is 649. The molecule has 106 valence electrons. The zero-order chi connectivity index (χ0) is 15.1. The van der Waals surface area contributed by atoms with Crippen LogP contribution in [0.2, 0.25) is 0 Å². The van der Waals surface area contributed by atoms with Gasteiger partial charge in [-0.15, -0.1) is 0 Å². The summed E-state index contributed by atoms with van der Waals surface area (Å²) in [5, 5.41) is 9.48. The lowest BCUT2D eigenvalue weighted by Gasteiger charge is -2.35. The topological polar surface area (TPSA) is 84.6 Å². The highest BCUT2D eigenvalue weighted by Gasteiger charge is 2.37. The fourth-order valence-electron chi connectivity index (χ4n) is 1.68. The summed E-state index contributed by atoms with van der Waals surface area (Å²) >= 11 is 0. The van der Waals surface area contributed by atoms with E-state index in [4.69, 9.17) is 5.26 Å². The largest absolute Gasteiger partial charge is 0.417 e. The number of carbonyl (C=O) groups excluding carboxylic acids is 1. The first-order chi connectivity index (χ1) is 9.16. The van der Waals surface area contributed by atoms with Crippen molar-refractivity contribution in [1.29, 1.82) is 5.26 Å². The summed E-state index contributed by atoms with van der Waals surface area (Å²) in [6.45, 7) is 0. The van der Waals surface area contributed by atoms with Gasteiger partial charge in [0, 0.05) is 6.08 Å². The minimum Gasteiger partial charge on any atom is -0.278 e. The summed E-state index contributed by atoms with van der Waals surface area (Å²) in [4.78, 5) is 11.5. The van der Waals surface area contributed by atoms with Gasteiger partial charge in [-0.1, -0.05) is 10.8 Å². The van der Waals surface area contributed by atoms with Crippen LogP contribution in [0.25, 0.3) is 0 Å². The fourth-order valence-corrected chi connectivity index (χ4v) is 2.85. The van der Waals surface area contributed by atoms with Gasteiger partial charge in [-0.2, -0.15) is 18.4 Å². The molecule has 0 aromatic heterocycles. The lowest BCUT2D eigenvalue weighted by Crippen LogP contribution is -2.27. The Kier molecular flexibility index (Phi) is 3.25. The monoisotopic (exact) mass is 304 g/mol. The summed E-state index contributed by atoms with van der Waals surface area (Å²) in [5.74, 6) is -0.845. The average molecular weight is 304 g/mol. The minimum atomic E-state index is -4.79. The molecule has 9 heteroatoms. The highest BCUT2D eigenvalue weighted by Crippen LogP contribution is 2.51. The van der Waals surface area contributed by atoms with Gasteiger partial charge in [0.15, 0.2) is 0 Å². The molecule has 1 amide bonds. The Balaban J connectivity index is 2.56. The summed E-state index contributed by atoms with van der Waals surface area (Å²) in [7, 11) is -3.62. The Hall–Kier alpha value is -2.02. The molecule has 2 N–H and O–H groups in total. The van der Waals surface area contributed by atoms with E-state index in [-0.39, 0.29) is 5.69 Å². The van der Waals surface area contributed by atoms with Crippen molar-refractivity contribution in [2.75, 3.05) is 4.31 Å². The summed E-state index contributed by atoms with van der Waals surface area (Å²) in [6.07, 6.45) is -3.93. The van der Waals surface area contributed by atoms with E-state index in [0.29, 0.717) is 10.4 Å². The maximum atomic E-state index is 12.8. The van der Waals surface area contributed by atoms with E-state index < -0.39 is 34.0 Å². The minimum absolute atomic E-state index is 0.341. The van der Waals surface area contributed by atoms with Crippen molar-refractivity contribution in [1.82, 2.24) is 0 Å². The van der Waals surface area contributed by atoms with E-state index in [2.05, 4.69) is 0 Å². The van der Waals surface area contributed by atoms with Crippen molar-refractivity contribution in [2.45, 2.75) is 6.18 Å². The van der Waals surface area contributed by atoms with E-state index in [1.54, 1.807) is 0 Å². The number of nitrogens with zero attached hydrogens (tertiary/aromatic N) is 2. The van der Waals surface area contributed by atoms with E-state index in [9.17, 15) is 27.1 Å². The number of hydrogen-bond acceptors (Lipinski definition) is 4. The maximum absolute atomic E-state index is 12.8. The molecule has 1 heterocycles. The molecule has 2 rings (SSSR count). The molecular formula is C11H7F3N2O3S. The lowest BCUT2D eigenvalue weighted by molar-refractivity contribution is -0.137. The molecule has 0 bridgehead atoms. The van der Waals surface area contributed by atoms with Crippen LogP contribution >= 0.6 is 10.8 Å². The van der Waals surface area contributed by atoms with Crippen LogP contribution in [0.5, 0.6) is 0 Å². The molecule has 1 aromatic carbocycles. The number of alkyl halides is 3. The van der Waals surface area contributed by atoms with Crippen LogP contribution < -0.4 is 4.31 Å². The van der Waals surface area contributed by atoms with Crippen LogP contribution in [0.1, 0.15) is 11.1 Å². The maximum Gasteiger partial charge on any atom is 0.417 e. The van der Waals surface area contributed by atoms with E-state index in [0.717, 1.165) is 23.6 Å². The average Bonchev–Trinajstić information content (AvgIpc) is 2.62. The van der Waals surface area contributed by atoms with Crippen molar-refractivity contribution in [3.05, 3.63) is 40.8 Å². The van der Waals surface area contributed by atoms with Gasteiger partial charge in [-0.05, 0) is 18.2 Å². The van der Waals surface area contributed by atoms with Crippen molar-refractivity contribution in [2.24, 2.45) is 0 Å². The second-order valence-electron chi connectivity index (χ2n) is 3.84. The number of halogens is 3. The van der Waals surface area contributed by atoms with Crippen LogP contribution in [0.3, 0.4) is 0 Å². The first kappa shape index (κ1) is 14.4. The van der Waals surface area contributed by atoms with Crippen LogP contribution in [0.15, 0.2) is 29.7 Å². The van der Waals surface area contributed by atoms with Crippen LogP contribution in [0, 0.1) is 11.3 Å². The molecule has 0 saturated carbocycles. The van der Waals surface area contributed by atoms with Crippen molar-refractivity contribution in [3.63, 3.8) is 0 Å². The Morgan fingerprint density at radius 2 is 1.95 bits per heavy atom. The van der Waals surface area contributed by atoms with Crippen LogP contribution in [-0.2, 0) is 11.0 Å². The molecule has 0 atom stereocenters. The molecule has 0 radical (unpaired) electrons. The SMILES string of the molecule is N#Cc1ccc(N2C(=O)C=CS2(O)O)cc1C(F)(F)F. The van der Waals surface area contributed by atoms with Gasteiger partial charge in [-0.25, -0.2) is 4.31 Å². The van der Waals surface area contributed by atoms with E-state index in [1.165, 1.54) is 6.07 Å². The van der Waals surface area contributed by atoms with Crippen molar-refractivity contribution >= 4 is 22.4 Å². The van der Waals surface area contributed by atoms with Crippen LogP contribution in [0.4, 0.5) is 18.9 Å². The Labute approximate surface area is 113 Å². The second-order valence-corrected chi connectivity index (χ2v) is 5.60. The quantitative estimate of drug-likeness (QED) is 0.835. The fraction of sp³-hybridized carbons (Fsp3) is 0.0909. The molecule has 0 unspecified atom stereocenters. The molecule has 0 saturated heterocycles. The molecule has 0 spiro atoms. The summed E-state index contributed by atoms with van der Waals surface area (Å²) in [5.41, 5.74) is -2.20. The second kappa shape index (κ2) is 4.52. The number of anilines is 1. The normalized spacial score (nSPS) is 19.0. The Morgan fingerprint density at radius 1 is 1.30 bits per heavy atom. The number of carbonyl (C=O) groups is 1. The number of amides is 1. The predicted octanol–water partition coefficient (Wildman–Crippen LogP) is 3.10. The van der Waals surface area contributed by atoms with Gasteiger partial charge in [0.2, 0.25) is 0 Å². The van der Waals surface area contributed by atoms with Crippen molar-refractivity contribution in [3.8, 4) is 6.07 Å². The smallest absolute Gasteiger partial charge is 0.278 e. The molecular weight excluding hydrogens is 297 g/mol. The highest BCUT2D eigenvalue weighted by molar-refractivity contribution is 8.28. The third-order valence-electron chi connectivity index (χ3n) is 2.53. The molecule has 1 aliphatic heterocycles. The van der Waals surface area contributed by atoms with Gasteiger partial charge < -0.3 is 0 Å². The summed E-state index contributed by atoms with van der Waals surface area (Å²) < 4.78 is 58.1. The molecule has 0 aliphatic carbocycles. The molecule has 5 nitrogen and oxygen atoms in total. The number of hydrogen-bond donors (Lipinski definition) is 2. The Morgan fingerprint density at radius 3 is 2.40 bits per heavy atom. The van der Waals surface area contributed by atoms with Gasteiger partial charge in [-0.3, -0.25) is 13.9 Å². The van der Waals surface area contributed by atoms with Gasteiger partial charge in [0.05, 0.1) is 28.3 Å². The molecule has 20 heavy (non-hydrogen) atoms. The number of rotatable bonds is 1. The number of benzene rings is 1. The zero-order valence-electron chi connectivity index (χ0n) is 9.63. The van der Waals surface area contributed by atoms with Gasteiger partial charge >= 0.3 is 6.18 Å². The first-order valence-electron chi connectivity index (χ1n) is 5.09. The third-order valence-corrected chi connectivity index (χ3v) is 3.95. The molecule has 0 fully saturated rings. The van der Waals surface area contributed by atoms with E-state index in [1.807, 2.05) is 0 Å². The summed E-state index contributed by atoms with van der Waals surface area (Å²) in [6, 6.07) is 3.86. The zero-order valence-corrected chi connectivity index (χ0v) is 10.4. The molecule has 1 aromatic rings.